The zero-order valence-electron chi connectivity index (χ0n) is 9.02. The molecule has 0 aliphatic heterocycles. The predicted molar refractivity (Wildman–Crippen MR) is 62.2 cm³/mol. The first-order valence-electron chi connectivity index (χ1n) is 4.92. The molecular formula is C9H22BNS. The van der Waals surface area contributed by atoms with E-state index >= 15 is 0 Å². The minimum absolute atomic E-state index is 0.179. The van der Waals surface area contributed by atoms with E-state index in [4.69, 9.17) is 0 Å². The lowest BCUT2D eigenvalue weighted by Crippen LogP contribution is -2.54. The molecule has 0 aliphatic carbocycles. The van der Waals surface area contributed by atoms with Crippen LogP contribution in [0.2, 0.25) is 6.82 Å². The molecule has 12 heavy (non-hydrogen) atoms. The molecule has 0 saturated carbocycles. The fraction of sp³-hybridized carbons (Fsp3) is 1.00. The zero-order valence-corrected chi connectivity index (χ0v) is 9.91. The molecule has 0 aromatic carbocycles. The van der Waals surface area contributed by atoms with Gasteiger partial charge >= 0.3 is 0 Å². The summed E-state index contributed by atoms with van der Waals surface area (Å²) < 4.78 is 0. The van der Waals surface area contributed by atoms with Gasteiger partial charge in [0.05, 0.1) is 0 Å². The van der Waals surface area contributed by atoms with Gasteiger partial charge in [-0.2, -0.15) is 0 Å². The Bertz CT molecular complexity index is 130. The topological polar surface area (TPSA) is 12.0 Å². The molecule has 1 unspecified atom stereocenters. The maximum atomic E-state index is 4.51. The molecule has 1 nitrogen and oxygen atoms in total. The monoisotopic (exact) mass is 187 g/mol. The van der Waals surface area contributed by atoms with Gasteiger partial charge in [0.1, 0.15) is 0 Å². The highest BCUT2D eigenvalue weighted by Crippen LogP contribution is 2.17. The third-order valence-corrected chi connectivity index (χ3v) is 3.41. The van der Waals surface area contributed by atoms with E-state index in [2.05, 4.69) is 52.3 Å². The summed E-state index contributed by atoms with van der Waals surface area (Å²) in [5.41, 5.74) is 0.179. The molecule has 0 radical (unpaired) electrons. The summed E-state index contributed by atoms with van der Waals surface area (Å²) in [6, 6.07) is 0.588. The number of thiol groups is 1. The van der Waals surface area contributed by atoms with E-state index < -0.39 is 0 Å². The van der Waals surface area contributed by atoms with Crippen molar-refractivity contribution in [3.8, 4) is 0 Å². The summed E-state index contributed by atoms with van der Waals surface area (Å²) in [6.07, 6.45) is 2.30. The first-order chi connectivity index (χ1) is 5.46. The van der Waals surface area contributed by atoms with Crippen LogP contribution in [0.4, 0.5) is 0 Å². The van der Waals surface area contributed by atoms with E-state index in [-0.39, 0.29) is 5.44 Å². The van der Waals surface area contributed by atoms with Crippen molar-refractivity contribution in [2.45, 2.75) is 58.8 Å². The van der Waals surface area contributed by atoms with Gasteiger partial charge in [0.25, 0.3) is 0 Å². The average Bonchev–Trinajstić information content (AvgIpc) is 2.03. The van der Waals surface area contributed by atoms with Crippen molar-refractivity contribution < 1.29 is 0 Å². The van der Waals surface area contributed by atoms with Crippen LogP contribution in [0.3, 0.4) is 0 Å². The second-order valence-corrected chi connectivity index (χ2v) is 4.68. The van der Waals surface area contributed by atoms with Gasteiger partial charge < -0.3 is 5.32 Å². The molecule has 0 fully saturated rings. The summed E-state index contributed by atoms with van der Waals surface area (Å²) in [7, 11) is 0. The lowest BCUT2D eigenvalue weighted by molar-refractivity contribution is 0.401. The number of nitrogens with one attached hydrogen (secondary N) is 1. The number of hydrogen-bond donors (Lipinski definition) is 2. The third-order valence-electron chi connectivity index (χ3n) is 2.85. The van der Waals surface area contributed by atoms with Crippen molar-refractivity contribution in [2.24, 2.45) is 0 Å². The van der Waals surface area contributed by atoms with Crippen LogP contribution < -0.4 is 5.32 Å². The van der Waals surface area contributed by atoms with Crippen molar-refractivity contribution in [2.75, 3.05) is 0 Å². The SMILES string of the molecule is CCC(C)N[C@](C)(CC)B(C)S. The lowest BCUT2D eigenvalue weighted by Gasteiger charge is -2.34. The van der Waals surface area contributed by atoms with Crippen molar-refractivity contribution in [3.05, 3.63) is 0 Å². The molecule has 3 heteroatoms. The fourth-order valence-electron chi connectivity index (χ4n) is 1.18. The van der Waals surface area contributed by atoms with E-state index in [0.717, 1.165) is 6.42 Å². The minimum Gasteiger partial charge on any atom is -0.315 e. The second-order valence-electron chi connectivity index (χ2n) is 3.90. The Labute approximate surface area is 83.1 Å². The van der Waals surface area contributed by atoms with Crippen LogP contribution in [0.15, 0.2) is 0 Å². The molecule has 1 N–H and O–H groups in total. The van der Waals surface area contributed by atoms with Gasteiger partial charge in [-0.1, -0.05) is 27.6 Å². The quantitative estimate of drug-likeness (QED) is 0.498. The summed E-state index contributed by atoms with van der Waals surface area (Å²) in [5, 5.41) is 3.62. The first-order valence-corrected chi connectivity index (χ1v) is 5.43. The Balaban J connectivity index is 4.14. The Kier molecular flexibility index (Phi) is 5.34. The molecule has 0 heterocycles. The highest BCUT2D eigenvalue weighted by molar-refractivity contribution is 8.10. The maximum absolute atomic E-state index is 4.51. The zero-order chi connectivity index (χ0) is 9.78. The second kappa shape index (κ2) is 5.18. The van der Waals surface area contributed by atoms with E-state index in [9.17, 15) is 0 Å². The summed E-state index contributed by atoms with van der Waals surface area (Å²) in [5.74, 6) is 0.400. The van der Waals surface area contributed by atoms with Gasteiger partial charge in [0.2, 0.25) is 5.99 Å². The smallest absolute Gasteiger partial charge is 0.223 e. The van der Waals surface area contributed by atoms with E-state index in [1.807, 2.05) is 0 Å². The molecule has 0 spiro atoms. The molecule has 0 saturated heterocycles. The van der Waals surface area contributed by atoms with E-state index in [0.29, 0.717) is 12.0 Å². The van der Waals surface area contributed by atoms with Crippen LogP contribution in [0.25, 0.3) is 0 Å². The summed E-state index contributed by atoms with van der Waals surface area (Å²) in [4.78, 5) is 0. The predicted octanol–water partition coefficient (Wildman–Crippen LogP) is 2.63. The molecule has 0 amide bonds. The fourth-order valence-corrected chi connectivity index (χ4v) is 1.44. The van der Waals surface area contributed by atoms with Crippen molar-refractivity contribution in [3.63, 3.8) is 0 Å². The van der Waals surface area contributed by atoms with Crippen LogP contribution in [-0.2, 0) is 0 Å². The lowest BCUT2D eigenvalue weighted by atomic mass is 9.57. The first kappa shape index (κ1) is 12.4. The molecule has 0 rings (SSSR count). The standard InChI is InChI=1S/C9H22BNS/c1-6-8(3)11-9(4,7-2)10(5)12/h8,11-12H,6-7H2,1-5H3/t8?,9-/m1/s1. The summed E-state index contributed by atoms with van der Waals surface area (Å²) in [6.45, 7) is 11.0. The molecule has 0 aromatic rings. The maximum Gasteiger partial charge on any atom is 0.223 e. The molecule has 72 valence electrons. The van der Waals surface area contributed by atoms with E-state index in [1.165, 1.54) is 6.42 Å². The van der Waals surface area contributed by atoms with Crippen LogP contribution in [-0.4, -0.2) is 17.5 Å². The Hall–Kier alpha value is 0.375. The largest absolute Gasteiger partial charge is 0.315 e. The highest BCUT2D eigenvalue weighted by atomic mass is 32.1. The number of rotatable bonds is 5. The molecule has 0 aromatic heterocycles. The van der Waals surface area contributed by atoms with Crippen molar-refractivity contribution in [1.82, 2.24) is 5.32 Å². The van der Waals surface area contributed by atoms with Gasteiger partial charge in [-0.15, -0.1) is 0 Å². The Morgan fingerprint density at radius 2 is 2.00 bits per heavy atom. The minimum atomic E-state index is 0.179. The van der Waals surface area contributed by atoms with Gasteiger partial charge in [-0.05, 0) is 19.8 Å². The van der Waals surface area contributed by atoms with Gasteiger partial charge in [-0.3, -0.25) is 0 Å². The average molecular weight is 187 g/mol. The molecule has 0 bridgehead atoms. The Morgan fingerprint density at radius 3 is 2.25 bits per heavy atom. The van der Waals surface area contributed by atoms with E-state index in [1.54, 1.807) is 0 Å². The van der Waals surface area contributed by atoms with Gasteiger partial charge in [0, 0.05) is 11.5 Å². The number of hydrogen-bond acceptors (Lipinski definition) is 2. The Morgan fingerprint density at radius 1 is 1.50 bits per heavy atom. The van der Waals surface area contributed by atoms with Gasteiger partial charge in [0.15, 0.2) is 0 Å². The van der Waals surface area contributed by atoms with Crippen LogP contribution >= 0.6 is 12.5 Å². The van der Waals surface area contributed by atoms with Gasteiger partial charge in [-0.25, -0.2) is 12.5 Å². The molecule has 0 aliphatic rings. The van der Waals surface area contributed by atoms with Crippen LogP contribution in [0.5, 0.6) is 0 Å². The van der Waals surface area contributed by atoms with Crippen molar-refractivity contribution in [1.29, 1.82) is 0 Å². The molecular weight excluding hydrogens is 165 g/mol. The molecule has 2 atom stereocenters. The normalized spacial score (nSPS) is 18.5. The third kappa shape index (κ3) is 3.40. The highest BCUT2D eigenvalue weighted by Gasteiger charge is 2.30. The van der Waals surface area contributed by atoms with Crippen molar-refractivity contribution >= 4 is 18.5 Å². The van der Waals surface area contributed by atoms with Crippen LogP contribution in [0, 0.1) is 0 Å². The van der Waals surface area contributed by atoms with Crippen LogP contribution in [0.1, 0.15) is 40.5 Å². The summed E-state index contributed by atoms with van der Waals surface area (Å²) >= 11 is 4.51.